The first-order valence-electron chi connectivity index (χ1n) is 8.03. The molecule has 124 valence electrons. The van der Waals surface area contributed by atoms with Crippen LogP contribution in [0.3, 0.4) is 0 Å². The van der Waals surface area contributed by atoms with E-state index in [2.05, 4.69) is 13.8 Å². The van der Waals surface area contributed by atoms with Gasteiger partial charge in [0.1, 0.15) is 5.57 Å². The SMILES string of the molecule is CCCCN1C(=O)C(=Cc2cccs2)C(=O)N(CCCC)C1=S. The number of thiophene rings is 1. The minimum Gasteiger partial charge on any atom is -0.285 e. The van der Waals surface area contributed by atoms with Gasteiger partial charge in [-0.3, -0.25) is 19.4 Å². The highest BCUT2D eigenvalue weighted by molar-refractivity contribution is 7.80. The highest BCUT2D eigenvalue weighted by atomic mass is 32.1. The Morgan fingerprint density at radius 3 is 2.09 bits per heavy atom. The van der Waals surface area contributed by atoms with Crippen LogP contribution in [0.2, 0.25) is 0 Å². The van der Waals surface area contributed by atoms with E-state index in [4.69, 9.17) is 12.2 Å². The zero-order valence-electron chi connectivity index (χ0n) is 13.6. The molecular formula is C17H22N2O2S2. The van der Waals surface area contributed by atoms with E-state index in [1.165, 1.54) is 11.3 Å². The first kappa shape index (κ1) is 17.8. The molecule has 1 fully saturated rings. The highest BCUT2D eigenvalue weighted by Crippen LogP contribution is 2.23. The standard InChI is InChI=1S/C17H22N2O2S2/c1-3-5-9-18-15(20)14(12-13-8-7-11-23-13)16(21)19(17(18)22)10-6-4-2/h7-8,11-12H,3-6,9-10H2,1-2H3. The second-order valence-electron chi connectivity index (χ2n) is 5.48. The van der Waals surface area contributed by atoms with Crippen LogP contribution in [0.5, 0.6) is 0 Å². The topological polar surface area (TPSA) is 40.6 Å². The number of hydrogen-bond acceptors (Lipinski definition) is 4. The van der Waals surface area contributed by atoms with E-state index in [0.29, 0.717) is 18.2 Å². The fraction of sp³-hybridized carbons (Fsp3) is 0.471. The molecule has 1 aromatic rings. The molecule has 0 saturated carbocycles. The fourth-order valence-corrected chi connectivity index (χ4v) is 3.37. The van der Waals surface area contributed by atoms with Crippen molar-refractivity contribution >= 4 is 46.6 Å². The van der Waals surface area contributed by atoms with Crippen LogP contribution in [0.15, 0.2) is 23.1 Å². The van der Waals surface area contributed by atoms with Crippen LogP contribution in [-0.4, -0.2) is 39.8 Å². The molecule has 4 nitrogen and oxygen atoms in total. The number of hydrogen-bond donors (Lipinski definition) is 0. The first-order valence-corrected chi connectivity index (χ1v) is 9.31. The smallest absolute Gasteiger partial charge is 0.265 e. The van der Waals surface area contributed by atoms with Crippen LogP contribution >= 0.6 is 23.6 Å². The molecule has 0 atom stereocenters. The lowest BCUT2D eigenvalue weighted by Gasteiger charge is -2.36. The molecule has 0 aliphatic carbocycles. The van der Waals surface area contributed by atoms with Gasteiger partial charge in [-0.15, -0.1) is 11.3 Å². The van der Waals surface area contributed by atoms with Crippen molar-refractivity contribution in [2.75, 3.05) is 13.1 Å². The maximum Gasteiger partial charge on any atom is 0.265 e. The summed E-state index contributed by atoms with van der Waals surface area (Å²) in [7, 11) is 0. The molecule has 6 heteroatoms. The molecule has 0 N–H and O–H groups in total. The molecule has 0 unspecified atom stereocenters. The Kier molecular flexibility index (Phi) is 6.47. The molecule has 23 heavy (non-hydrogen) atoms. The summed E-state index contributed by atoms with van der Waals surface area (Å²) in [4.78, 5) is 29.5. The molecule has 2 amide bonds. The predicted molar refractivity (Wildman–Crippen MR) is 98.1 cm³/mol. The maximum atomic E-state index is 12.7. The second kappa shape index (κ2) is 8.36. The number of carbonyl (C=O) groups is 2. The monoisotopic (exact) mass is 350 g/mol. The average molecular weight is 351 g/mol. The Hall–Kier alpha value is -1.53. The third-order valence-electron chi connectivity index (χ3n) is 3.71. The molecular weight excluding hydrogens is 328 g/mol. The van der Waals surface area contributed by atoms with Crippen molar-refractivity contribution in [3.63, 3.8) is 0 Å². The van der Waals surface area contributed by atoms with Gasteiger partial charge in [-0.25, -0.2) is 0 Å². The van der Waals surface area contributed by atoms with E-state index < -0.39 is 0 Å². The lowest BCUT2D eigenvalue weighted by Crippen LogP contribution is -2.56. The summed E-state index contributed by atoms with van der Waals surface area (Å²) in [5, 5.41) is 2.28. The van der Waals surface area contributed by atoms with Crippen molar-refractivity contribution in [1.82, 2.24) is 9.80 Å². The van der Waals surface area contributed by atoms with E-state index in [1.807, 2.05) is 17.5 Å². The van der Waals surface area contributed by atoms with Crippen molar-refractivity contribution in [2.45, 2.75) is 39.5 Å². The molecule has 0 radical (unpaired) electrons. The second-order valence-corrected chi connectivity index (χ2v) is 6.82. The van der Waals surface area contributed by atoms with Gasteiger partial charge in [0.25, 0.3) is 11.8 Å². The Morgan fingerprint density at radius 2 is 1.65 bits per heavy atom. The van der Waals surface area contributed by atoms with Gasteiger partial charge in [-0.2, -0.15) is 0 Å². The maximum absolute atomic E-state index is 12.7. The van der Waals surface area contributed by atoms with Crippen LogP contribution in [0.1, 0.15) is 44.4 Å². The first-order chi connectivity index (χ1) is 11.1. The van der Waals surface area contributed by atoms with Gasteiger partial charge >= 0.3 is 0 Å². The third kappa shape index (κ3) is 4.06. The molecule has 0 spiro atoms. The van der Waals surface area contributed by atoms with Gasteiger partial charge in [0, 0.05) is 18.0 Å². The van der Waals surface area contributed by atoms with Crippen LogP contribution in [0.25, 0.3) is 6.08 Å². The number of thiocarbonyl (C=S) groups is 1. The zero-order chi connectivity index (χ0) is 16.8. The summed E-state index contributed by atoms with van der Waals surface area (Å²) in [6.45, 7) is 5.26. The molecule has 0 aromatic carbocycles. The average Bonchev–Trinajstić information content (AvgIpc) is 3.04. The normalized spacial score (nSPS) is 15.6. The van der Waals surface area contributed by atoms with Gasteiger partial charge in [0.2, 0.25) is 0 Å². The molecule has 1 saturated heterocycles. The molecule has 2 rings (SSSR count). The lowest BCUT2D eigenvalue weighted by atomic mass is 10.1. The zero-order valence-corrected chi connectivity index (χ0v) is 15.2. The van der Waals surface area contributed by atoms with Gasteiger partial charge in [0.05, 0.1) is 0 Å². The van der Waals surface area contributed by atoms with E-state index in [9.17, 15) is 9.59 Å². The summed E-state index contributed by atoms with van der Waals surface area (Å²) in [5.41, 5.74) is 0.216. The van der Waals surface area contributed by atoms with Crippen LogP contribution in [-0.2, 0) is 9.59 Å². The summed E-state index contributed by atoms with van der Waals surface area (Å²) in [6.07, 6.45) is 5.37. The van der Waals surface area contributed by atoms with E-state index >= 15 is 0 Å². The van der Waals surface area contributed by atoms with E-state index in [-0.39, 0.29) is 17.4 Å². The number of nitrogens with zero attached hydrogens (tertiary/aromatic N) is 2. The molecule has 1 aliphatic rings. The van der Waals surface area contributed by atoms with E-state index in [0.717, 1.165) is 30.6 Å². The number of rotatable bonds is 7. The van der Waals surface area contributed by atoms with Gasteiger partial charge < -0.3 is 0 Å². The Labute approximate surface area is 146 Å². The van der Waals surface area contributed by atoms with Gasteiger partial charge in [0.15, 0.2) is 5.11 Å². The number of unbranched alkanes of at least 4 members (excludes halogenated alkanes) is 2. The van der Waals surface area contributed by atoms with Crippen LogP contribution < -0.4 is 0 Å². The van der Waals surface area contributed by atoms with Gasteiger partial charge in [-0.1, -0.05) is 32.8 Å². The summed E-state index contributed by atoms with van der Waals surface area (Å²) >= 11 is 6.92. The minimum atomic E-state index is -0.269. The number of carbonyl (C=O) groups excluding carboxylic acids is 2. The Bertz CT molecular complexity index is 576. The van der Waals surface area contributed by atoms with Crippen molar-refractivity contribution in [1.29, 1.82) is 0 Å². The summed E-state index contributed by atoms with van der Waals surface area (Å²) < 4.78 is 0. The van der Waals surface area contributed by atoms with Gasteiger partial charge in [-0.05, 0) is 42.6 Å². The Balaban J connectivity index is 2.34. The largest absolute Gasteiger partial charge is 0.285 e. The van der Waals surface area contributed by atoms with Crippen molar-refractivity contribution in [3.8, 4) is 0 Å². The van der Waals surface area contributed by atoms with Crippen LogP contribution in [0.4, 0.5) is 0 Å². The van der Waals surface area contributed by atoms with Crippen molar-refractivity contribution in [2.24, 2.45) is 0 Å². The van der Waals surface area contributed by atoms with E-state index in [1.54, 1.807) is 15.9 Å². The van der Waals surface area contributed by atoms with Crippen LogP contribution in [0, 0.1) is 0 Å². The molecule has 1 aliphatic heterocycles. The quantitative estimate of drug-likeness (QED) is 0.428. The third-order valence-corrected chi connectivity index (χ3v) is 4.97. The highest BCUT2D eigenvalue weighted by Gasteiger charge is 2.38. The Morgan fingerprint density at radius 1 is 1.09 bits per heavy atom. The van der Waals surface area contributed by atoms with Crippen molar-refractivity contribution < 1.29 is 9.59 Å². The molecule has 1 aromatic heterocycles. The summed E-state index contributed by atoms with van der Waals surface area (Å²) in [6, 6.07) is 3.81. The van der Waals surface area contributed by atoms with Crippen molar-refractivity contribution in [3.05, 3.63) is 28.0 Å². The number of amides is 2. The lowest BCUT2D eigenvalue weighted by molar-refractivity contribution is -0.133. The molecule has 2 heterocycles. The fourth-order valence-electron chi connectivity index (χ4n) is 2.37. The minimum absolute atomic E-state index is 0.216. The molecule has 0 bridgehead atoms. The summed E-state index contributed by atoms with van der Waals surface area (Å²) in [5.74, 6) is -0.538. The predicted octanol–water partition coefficient (Wildman–Crippen LogP) is 3.69.